The van der Waals surface area contributed by atoms with Crippen molar-refractivity contribution in [3.8, 4) is 0 Å². The summed E-state index contributed by atoms with van der Waals surface area (Å²) in [5.74, 6) is 0.978. The lowest BCUT2D eigenvalue weighted by Gasteiger charge is -2.45. The molecule has 3 heterocycles. The predicted molar refractivity (Wildman–Crippen MR) is 198 cm³/mol. The minimum absolute atomic E-state index is 0.0586. The molecule has 2 aromatic heterocycles. The van der Waals surface area contributed by atoms with Crippen molar-refractivity contribution in [2.45, 2.75) is 96.0 Å². The van der Waals surface area contributed by atoms with Crippen LogP contribution in [0.25, 0.3) is 0 Å². The number of benzene rings is 2. The van der Waals surface area contributed by atoms with Gasteiger partial charge in [-0.3, -0.25) is 19.6 Å². The zero-order valence-electron chi connectivity index (χ0n) is 29.6. The first-order chi connectivity index (χ1) is 25.0. The van der Waals surface area contributed by atoms with Crippen molar-refractivity contribution in [2.24, 2.45) is 0 Å². The van der Waals surface area contributed by atoms with E-state index in [1.807, 2.05) is 53.8 Å². The highest BCUT2D eigenvalue weighted by molar-refractivity contribution is 6.30. The number of rotatable bonds is 10. The lowest BCUT2D eigenvalue weighted by atomic mass is 9.95. The Morgan fingerprint density at radius 1 is 0.941 bits per heavy atom. The molecule has 0 radical (unpaired) electrons. The Hall–Kier alpha value is -4.21. The van der Waals surface area contributed by atoms with Crippen LogP contribution in [0.15, 0.2) is 79.3 Å². The third-order valence-corrected chi connectivity index (χ3v) is 11.1. The molecule has 0 bridgehead atoms. The van der Waals surface area contributed by atoms with Gasteiger partial charge in [-0.15, -0.1) is 0 Å². The number of pyridine rings is 1. The summed E-state index contributed by atoms with van der Waals surface area (Å²) in [5, 5.41) is 0.716. The van der Waals surface area contributed by atoms with Gasteiger partial charge >= 0.3 is 6.09 Å². The van der Waals surface area contributed by atoms with E-state index in [0.717, 1.165) is 80.6 Å². The molecule has 7 rings (SSSR count). The van der Waals surface area contributed by atoms with E-state index >= 15 is 4.79 Å². The summed E-state index contributed by atoms with van der Waals surface area (Å²) in [7, 11) is 0. The zero-order chi connectivity index (χ0) is 35.2. The Morgan fingerprint density at radius 3 is 2.59 bits per heavy atom. The number of fused-ring (bicyclic) bond motifs is 2. The minimum Gasteiger partial charge on any atom is -0.446 e. The first-order valence-corrected chi connectivity index (χ1v) is 19.1. The number of hydrogen-bond acceptors (Lipinski definition) is 6. The van der Waals surface area contributed by atoms with E-state index in [1.165, 1.54) is 17.5 Å². The molecule has 9 nitrogen and oxygen atoms in total. The fourth-order valence-electron chi connectivity index (χ4n) is 8.19. The van der Waals surface area contributed by atoms with Gasteiger partial charge in [-0.1, -0.05) is 67.4 Å². The van der Waals surface area contributed by atoms with Crippen LogP contribution in [0.4, 0.5) is 4.79 Å². The lowest BCUT2D eigenvalue weighted by Crippen LogP contribution is -2.62. The van der Waals surface area contributed by atoms with E-state index in [4.69, 9.17) is 21.3 Å². The van der Waals surface area contributed by atoms with Gasteiger partial charge in [-0.25, -0.2) is 9.78 Å². The number of ether oxygens (including phenoxy) is 1. The highest BCUT2D eigenvalue weighted by Gasteiger charge is 2.42. The van der Waals surface area contributed by atoms with Crippen LogP contribution in [-0.2, 0) is 41.9 Å². The first-order valence-electron chi connectivity index (χ1n) is 18.7. The number of carbonyl (C=O) groups is 2. The molecule has 51 heavy (non-hydrogen) atoms. The molecule has 0 spiro atoms. The second kappa shape index (κ2) is 16.4. The molecule has 3 aliphatic rings. The number of imidazole rings is 1. The van der Waals surface area contributed by atoms with Crippen LogP contribution < -0.4 is 0 Å². The van der Waals surface area contributed by atoms with Crippen LogP contribution in [0.2, 0.25) is 5.02 Å². The maximum absolute atomic E-state index is 15.1. The SMILES string of the molecule is CCc1nccn1CCCN(Cc1ccccc1)C(=O)[C@H]1CN([C@@H]2c3ccc(Cl)cc3CCc3cccnc32)CCN1C(=O)OC1CCCCC1. The largest absolute Gasteiger partial charge is 0.446 e. The Kier molecular flexibility index (Phi) is 11.3. The maximum atomic E-state index is 15.1. The number of piperazine rings is 1. The highest BCUT2D eigenvalue weighted by atomic mass is 35.5. The van der Waals surface area contributed by atoms with Crippen molar-refractivity contribution in [1.29, 1.82) is 0 Å². The van der Waals surface area contributed by atoms with Gasteiger partial charge in [-0.2, -0.15) is 0 Å². The van der Waals surface area contributed by atoms with E-state index in [9.17, 15) is 4.79 Å². The standard InChI is InChI=1S/C41H49ClN6O3/c1-2-37-43-21-24-45(37)22-10-23-47(28-30-11-5-3-6-12-30)40(49)36-29-46(25-26-48(36)41(50)51-34-14-7-4-8-15-34)39-35-19-18-33(42)27-32(35)17-16-31-13-9-20-44-38(31)39/h3,5-6,9,11-13,18-21,24,27,34,36,39H,2,4,7-8,10,14-17,22-23,25-26,28-29H2,1H3/t36-,39-/m1/s1. The molecule has 4 aromatic rings. The van der Waals surface area contributed by atoms with Crippen molar-refractivity contribution in [1.82, 2.24) is 29.2 Å². The van der Waals surface area contributed by atoms with Crippen LogP contribution in [0.1, 0.15) is 85.3 Å². The number of hydrogen-bond donors (Lipinski definition) is 0. The van der Waals surface area contributed by atoms with Crippen molar-refractivity contribution in [3.05, 3.63) is 118 Å². The van der Waals surface area contributed by atoms with Crippen LogP contribution in [0.5, 0.6) is 0 Å². The van der Waals surface area contributed by atoms with Crippen LogP contribution >= 0.6 is 11.6 Å². The molecule has 10 heteroatoms. The third-order valence-electron chi connectivity index (χ3n) is 10.8. The van der Waals surface area contributed by atoms with Crippen LogP contribution in [-0.4, -0.2) is 79.6 Å². The van der Waals surface area contributed by atoms with Gasteiger partial charge in [-0.05, 0) is 85.4 Å². The molecule has 2 fully saturated rings. The second-order valence-electron chi connectivity index (χ2n) is 14.1. The Morgan fingerprint density at radius 2 is 1.76 bits per heavy atom. The average Bonchev–Trinajstić information content (AvgIpc) is 3.56. The molecule has 2 aromatic carbocycles. The number of halogens is 1. The molecule has 2 aliphatic carbocycles. The fourth-order valence-corrected chi connectivity index (χ4v) is 8.38. The topological polar surface area (TPSA) is 83.8 Å². The van der Waals surface area contributed by atoms with Gasteiger partial charge in [0.25, 0.3) is 0 Å². The molecule has 2 atom stereocenters. The summed E-state index contributed by atoms with van der Waals surface area (Å²) >= 11 is 6.52. The smallest absolute Gasteiger partial charge is 0.410 e. The van der Waals surface area contributed by atoms with Gasteiger partial charge in [0.2, 0.25) is 5.91 Å². The highest BCUT2D eigenvalue weighted by Crippen LogP contribution is 2.38. The minimum atomic E-state index is -0.718. The summed E-state index contributed by atoms with van der Waals surface area (Å²) in [5.41, 5.74) is 5.63. The molecule has 268 valence electrons. The second-order valence-corrected chi connectivity index (χ2v) is 14.6. The van der Waals surface area contributed by atoms with E-state index in [1.54, 1.807) is 4.90 Å². The third kappa shape index (κ3) is 8.15. The number of aryl methyl sites for hydroxylation is 4. The van der Waals surface area contributed by atoms with Gasteiger partial charge in [0, 0.05) is 69.3 Å². The van der Waals surface area contributed by atoms with Crippen molar-refractivity contribution in [3.63, 3.8) is 0 Å². The van der Waals surface area contributed by atoms with Crippen molar-refractivity contribution >= 4 is 23.6 Å². The van der Waals surface area contributed by atoms with Gasteiger partial charge in [0.1, 0.15) is 18.0 Å². The summed E-state index contributed by atoms with van der Waals surface area (Å²) in [6, 6.07) is 19.5. The fraction of sp³-hybridized carbons (Fsp3) is 0.463. The Bertz CT molecular complexity index is 1790. The van der Waals surface area contributed by atoms with Crippen LogP contribution in [0.3, 0.4) is 0 Å². The quantitative estimate of drug-likeness (QED) is 0.173. The molecule has 0 N–H and O–H groups in total. The van der Waals surface area contributed by atoms with E-state index in [0.29, 0.717) is 37.7 Å². The number of carbonyl (C=O) groups excluding carboxylic acids is 2. The number of nitrogens with zero attached hydrogens (tertiary/aromatic N) is 6. The molecular formula is C41H49ClN6O3. The van der Waals surface area contributed by atoms with E-state index in [2.05, 4.69) is 51.7 Å². The summed E-state index contributed by atoms with van der Waals surface area (Å²) in [4.78, 5) is 44.6. The Balaban J connectivity index is 1.21. The molecule has 1 saturated carbocycles. The lowest BCUT2D eigenvalue weighted by molar-refractivity contribution is -0.140. The normalized spacial score (nSPS) is 19.5. The van der Waals surface area contributed by atoms with E-state index < -0.39 is 6.04 Å². The van der Waals surface area contributed by atoms with Crippen LogP contribution in [0, 0.1) is 0 Å². The van der Waals surface area contributed by atoms with Gasteiger partial charge < -0.3 is 14.2 Å². The van der Waals surface area contributed by atoms with E-state index in [-0.39, 0.29) is 24.1 Å². The average molecular weight is 709 g/mol. The summed E-state index contributed by atoms with van der Waals surface area (Å²) in [6.07, 6.45) is 13.6. The molecule has 1 aliphatic heterocycles. The van der Waals surface area contributed by atoms with Gasteiger partial charge in [0.15, 0.2) is 0 Å². The monoisotopic (exact) mass is 708 g/mol. The maximum Gasteiger partial charge on any atom is 0.410 e. The predicted octanol–water partition coefficient (Wildman–Crippen LogP) is 7.26. The Labute approximate surface area is 306 Å². The molecular weight excluding hydrogens is 660 g/mol. The first kappa shape index (κ1) is 35.2. The number of amides is 2. The van der Waals surface area contributed by atoms with Crippen molar-refractivity contribution in [2.75, 3.05) is 26.2 Å². The molecule has 0 unspecified atom stereocenters. The van der Waals surface area contributed by atoms with Gasteiger partial charge in [0.05, 0.1) is 11.7 Å². The summed E-state index contributed by atoms with van der Waals surface area (Å²) in [6.45, 7) is 5.22. The molecule has 1 saturated heterocycles. The van der Waals surface area contributed by atoms with Crippen molar-refractivity contribution < 1.29 is 14.3 Å². The molecule has 2 amide bonds. The zero-order valence-corrected chi connectivity index (χ0v) is 30.4. The summed E-state index contributed by atoms with van der Waals surface area (Å²) < 4.78 is 8.32. The number of aromatic nitrogens is 3.